The number of aliphatic hydroxyl groups is 2. The van der Waals surface area contributed by atoms with Crippen molar-refractivity contribution in [1.29, 1.82) is 0 Å². The maximum Gasteiger partial charge on any atom is 0.217 e. The Balaban J connectivity index is 2.50. The molecule has 1 saturated heterocycles. The summed E-state index contributed by atoms with van der Waals surface area (Å²) in [6.45, 7) is 1.65. The van der Waals surface area contributed by atoms with Crippen LogP contribution in [0.3, 0.4) is 0 Å². The molecule has 0 spiro atoms. The van der Waals surface area contributed by atoms with Crippen LogP contribution < -0.4 is 5.32 Å². The van der Waals surface area contributed by atoms with Gasteiger partial charge in [0, 0.05) is 6.92 Å². The number of rotatable bonds is 1. The van der Waals surface area contributed by atoms with E-state index in [2.05, 4.69) is 5.32 Å². The Morgan fingerprint density at radius 1 is 1.58 bits per heavy atom. The number of amides is 1. The summed E-state index contributed by atoms with van der Waals surface area (Å²) in [6, 6.07) is -0.698. The quantitative estimate of drug-likeness (QED) is 0.457. The van der Waals surface area contributed by atoms with Crippen molar-refractivity contribution in [2.45, 2.75) is 31.8 Å². The van der Waals surface area contributed by atoms with Crippen molar-refractivity contribution in [3.8, 4) is 0 Å². The Hall–Kier alpha value is -0.650. The van der Waals surface area contributed by atoms with Gasteiger partial charge in [-0.25, -0.2) is 0 Å². The Bertz CT molecular complexity index is 163. The first kappa shape index (κ1) is 9.44. The average molecular weight is 175 g/mol. The zero-order valence-corrected chi connectivity index (χ0v) is 6.86. The zero-order chi connectivity index (χ0) is 9.14. The van der Waals surface area contributed by atoms with Crippen molar-refractivity contribution in [3.63, 3.8) is 0 Å². The number of carbonyl (C=O) groups excluding carboxylic acids is 1. The molecule has 0 radical (unpaired) electrons. The van der Waals surface area contributed by atoms with Crippen LogP contribution in [0.15, 0.2) is 0 Å². The lowest BCUT2D eigenvalue weighted by molar-refractivity contribution is -0.176. The molecule has 0 aromatic rings. The second-order valence-corrected chi connectivity index (χ2v) is 2.84. The summed E-state index contributed by atoms with van der Waals surface area (Å²) in [5.41, 5.74) is 0. The van der Waals surface area contributed by atoms with E-state index in [-0.39, 0.29) is 5.91 Å². The largest absolute Gasteiger partial charge is 0.391 e. The van der Waals surface area contributed by atoms with E-state index in [1.165, 1.54) is 6.92 Å². The third-order valence-electron chi connectivity index (χ3n) is 1.79. The summed E-state index contributed by atoms with van der Waals surface area (Å²) in [6.07, 6.45) is -1.39. The average Bonchev–Trinajstić information content (AvgIpc) is 1.97. The lowest BCUT2D eigenvalue weighted by atomic mass is 10.1. The number of aliphatic hydroxyl groups excluding tert-OH is 2. The van der Waals surface area contributed by atoms with Gasteiger partial charge in [-0.2, -0.15) is 0 Å². The van der Waals surface area contributed by atoms with E-state index < -0.39 is 18.4 Å². The molecule has 1 aliphatic heterocycles. The molecule has 5 heteroatoms. The van der Waals surface area contributed by atoms with Crippen molar-refractivity contribution in [1.82, 2.24) is 5.32 Å². The Morgan fingerprint density at radius 2 is 2.25 bits per heavy atom. The number of hydrogen-bond acceptors (Lipinski definition) is 4. The predicted molar refractivity (Wildman–Crippen MR) is 40.2 cm³/mol. The third kappa shape index (κ3) is 2.17. The highest BCUT2D eigenvalue weighted by Gasteiger charge is 2.32. The first-order valence-electron chi connectivity index (χ1n) is 3.86. The highest BCUT2D eigenvalue weighted by atomic mass is 16.6. The first-order valence-corrected chi connectivity index (χ1v) is 3.86. The van der Waals surface area contributed by atoms with Crippen LogP contribution in [0.2, 0.25) is 0 Å². The van der Waals surface area contributed by atoms with Crippen LogP contribution in [0.1, 0.15) is 13.3 Å². The maximum atomic E-state index is 10.6. The lowest BCUT2D eigenvalue weighted by Crippen LogP contribution is -2.54. The van der Waals surface area contributed by atoms with E-state index in [1.54, 1.807) is 0 Å². The minimum atomic E-state index is -1.10. The second kappa shape index (κ2) is 3.84. The van der Waals surface area contributed by atoms with Crippen molar-refractivity contribution >= 4 is 5.91 Å². The van der Waals surface area contributed by atoms with Gasteiger partial charge in [0.15, 0.2) is 6.29 Å². The van der Waals surface area contributed by atoms with Gasteiger partial charge >= 0.3 is 0 Å². The monoisotopic (exact) mass is 175 g/mol. The lowest BCUT2D eigenvalue weighted by Gasteiger charge is -2.32. The van der Waals surface area contributed by atoms with E-state index in [4.69, 9.17) is 4.74 Å². The fourth-order valence-electron chi connectivity index (χ4n) is 1.18. The molecule has 0 unspecified atom stereocenters. The van der Waals surface area contributed by atoms with Crippen LogP contribution in [0.4, 0.5) is 0 Å². The van der Waals surface area contributed by atoms with Crippen molar-refractivity contribution in [2.75, 3.05) is 6.61 Å². The fourth-order valence-corrected chi connectivity index (χ4v) is 1.18. The fraction of sp³-hybridized carbons (Fsp3) is 0.857. The molecule has 0 bridgehead atoms. The van der Waals surface area contributed by atoms with Gasteiger partial charge in [0.2, 0.25) is 5.91 Å². The number of hydrogen-bond donors (Lipinski definition) is 3. The summed E-state index contributed by atoms with van der Waals surface area (Å²) in [5.74, 6) is -0.288. The van der Waals surface area contributed by atoms with Crippen molar-refractivity contribution in [3.05, 3.63) is 0 Å². The zero-order valence-electron chi connectivity index (χ0n) is 6.86. The molecule has 12 heavy (non-hydrogen) atoms. The molecule has 70 valence electrons. The SMILES string of the molecule is CC(=O)N[C@@H]1[C@H](O)CCO[C@@H]1O. The standard InChI is InChI=1S/C7H13NO4/c1-4(9)8-6-5(10)2-3-12-7(6)11/h5-7,10-11H,2-3H2,1H3,(H,8,9)/t5-,6-,7+/m1/s1. The number of carbonyl (C=O) groups is 1. The van der Waals surface area contributed by atoms with Crippen LogP contribution in [-0.2, 0) is 9.53 Å². The van der Waals surface area contributed by atoms with Crippen LogP contribution in [-0.4, -0.2) is 41.2 Å². The predicted octanol–water partition coefficient (Wildman–Crippen LogP) is -1.41. The molecule has 0 aromatic carbocycles. The van der Waals surface area contributed by atoms with Gasteiger partial charge in [0.05, 0.1) is 12.7 Å². The molecule has 1 fully saturated rings. The molecule has 1 amide bonds. The Labute approximate surface area is 70.3 Å². The van der Waals surface area contributed by atoms with E-state index in [0.717, 1.165) is 0 Å². The van der Waals surface area contributed by atoms with Crippen molar-refractivity contribution in [2.24, 2.45) is 0 Å². The molecule has 0 aliphatic carbocycles. The van der Waals surface area contributed by atoms with Gasteiger partial charge in [-0.1, -0.05) is 0 Å². The molecule has 1 heterocycles. The molecular weight excluding hydrogens is 162 g/mol. The topological polar surface area (TPSA) is 78.8 Å². The van der Waals surface area contributed by atoms with Crippen LogP contribution in [0.25, 0.3) is 0 Å². The molecule has 1 aliphatic rings. The maximum absolute atomic E-state index is 10.6. The van der Waals surface area contributed by atoms with Crippen LogP contribution >= 0.6 is 0 Å². The molecule has 3 N–H and O–H groups in total. The summed E-state index contributed by atoms with van der Waals surface area (Å²) in [7, 11) is 0. The summed E-state index contributed by atoms with van der Waals surface area (Å²) >= 11 is 0. The molecule has 0 aromatic heterocycles. The van der Waals surface area contributed by atoms with Gasteiger partial charge in [-0.05, 0) is 6.42 Å². The normalized spacial score (nSPS) is 36.1. The molecule has 5 nitrogen and oxygen atoms in total. The minimum absolute atomic E-state index is 0.288. The summed E-state index contributed by atoms with van der Waals surface area (Å²) in [4.78, 5) is 10.6. The first-order chi connectivity index (χ1) is 5.61. The number of nitrogens with one attached hydrogen (secondary N) is 1. The molecule has 0 saturated carbocycles. The van der Waals surface area contributed by atoms with Crippen LogP contribution in [0, 0.1) is 0 Å². The van der Waals surface area contributed by atoms with E-state index in [0.29, 0.717) is 13.0 Å². The van der Waals surface area contributed by atoms with Gasteiger partial charge in [-0.3, -0.25) is 4.79 Å². The smallest absolute Gasteiger partial charge is 0.217 e. The van der Waals surface area contributed by atoms with Gasteiger partial charge in [0.25, 0.3) is 0 Å². The van der Waals surface area contributed by atoms with Gasteiger partial charge in [0.1, 0.15) is 6.04 Å². The van der Waals surface area contributed by atoms with Gasteiger partial charge in [-0.15, -0.1) is 0 Å². The van der Waals surface area contributed by atoms with E-state index in [9.17, 15) is 15.0 Å². The summed E-state index contributed by atoms with van der Waals surface area (Å²) in [5, 5.41) is 20.9. The minimum Gasteiger partial charge on any atom is -0.391 e. The summed E-state index contributed by atoms with van der Waals surface area (Å²) < 4.78 is 4.84. The Kier molecular flexibility index (Phi) is 3.02. The van der Waals surface area contributed by atoms with Crippen molar-refractivity contribution < 1.29 is 19.7 Å². The van der Waals surface area contributed by atoms with E-state index in [1.807, 2.05) is 0 Å². The highest BCUT2D eigenvalue weighted by molar-refractivity contribution is 5.73. The second-order valence-electron chi connectivity index (χ2n) is 2.84. The van der Waals surface area contributed by atoms with E-state index >= 15 is 0 Å². The molecule has 3 atom stereocenters. The van der Waals surface area contributed by atoms with Crippen LogP contribution in [0.5, 0.6) is 0 Å². The van der Waals surface area contributed by atoms with Gasteiger partial charge < -0.3 is 20.3 Å². The molecular formula is C7H13NO4. The number of ether oxygens (including phenoxy) is 1. The Morgan fingerprint density at radius 3 is 2.75 bits per heavy atom. The third-order valence-corrected chi connectivity index (χ3v) is 1.79. The highest BCUT2D eigenvalue weighted by Crippen LogP contribution is 2.12. The molecule has 1 rings (SSSR count).